The number of carbonyl (C=O) groups excluding carboxylic acids is 1. The largest absolute Gasteiger partial charge is 0.497 e. The Hall–Kier alpha value is -2.75. The maximum absolute atomic E-state index is 11.1. The lowest BCUT2D eigenvalue weighted by Crippen LogP contribution is -2.22. The summed E-state index contributed by atoms with van der Waals surface area (Å²) in [7, 11) is 3.75. The van der Waals surface area contributed by atoms with E-state index in [1.54, 1.807) is 14.0 Å². The number of carbonyl (C=O) groups is 1. The minimum absolute atomic E-state index is 0.00204. The first-order valence-electron chi connectivity index (χ1n) is 8.06. The van der Waals surface area contributed by atoms with Crippen molar-refractivity contribution >= 4 is 16.8 Å². The second kappa shape index (κ2) is 6.79. The van der Waals surface area contributed by atoms with Gasteiger partial charge in [0.2, 0.25) is 5.91 Å². The van der Waals surface area contributed by atoms with Gasteiger partial charge in [0.05, 0.1) is 12.6 Å². The van der Waals surface area contributed by atoms with Crippen molar-refractivity contribution in [3.63, 3.8) is 0 Å². The molecule has 0 unspecified atom stereocenters. The molecule has 124 valence electrons. The molecule has 0 fully saturated rings. The highest BCUT2D eigenvalue weighted by molar-refractivity contribution is 5.98. The van der Waals surface area contributed by atoms with Gasteiger partial charge in [0.25, 0.3) is 0 Å². The van der Waals surface area contributed by atoms with Crippen molar-refractivity contribution in [3.8, 4) is 16.9 Å². The second-order valence-electron chi connectivity index (χ2n) is 5.94. The Balaban J connectivity index is 2.12. The van der Waals surface area contributed by atoms with Gasteiger partial charge in [-0.2, -0.15) is 0 Å². The summed E-state index contributed by atoms with van der Waals surface area (Å²) in [5, 5.41) is 4.03. The van der Waals surface area contributed by atoms with Crippen LogP contribution in [0.2, 0.25) is 0 Å². The first-order chi connectivity index (χ1) is 11.6. The monoisotopic (exact) mass is 322 g/mol. The molecule has 0 aliphatic rings. The second-order valence-corrected chi connectivity index (χ2v) is 5.94. The van der Waals surface area contributed by atoms with E-state index in [0.29, 0.717) is 6.54 Å². The van der Waals surface area contributed by atoms with E-state index in [9.17, 15) is 4.79 Å². The molecule has 0 bridgehead atoms. The summed E-state index contributed by atoms with van der Waals surface area (Å²) in [5.41, 5.74) is 4.70. The third-order valence-electron chi connectivity index (χ3n) is 4.22. The van der Waals surface area contributed by atoms with E-state index in [2.05, 4.69) is 47.4 Å². The number of nitrogens with one attached hydrogen (secondary N) is 1. The van der Waals surface area contributed by atoms with Crippen molar-refractivity contribution in [3.05, 3.63) is 54.2 Å². The predicted octanol–water partition coefficient (Wildman–Crippen LogP) is 3.53. The number of nitrogens with zero attached hydrogens (tertiary/aromatic N) is 1. The van der Waals surface area contributed by atoms with E-state index in [1.165, 1.54) is 16.5 Å². The van der Waals surface area contributed by atoms with Crippen LogP contribution in [0.4, 0.5) is 0 Å². The molecule has 4 heteroatoms. The third kappa shape index (κ3) is 3.13. The molecule has 0 spiro atoms. The van der Waals surface area contributed by atoms with E-state index in [4.69, 9.17) is 4.74 Å². The minimum Gasteiger partial charge on any atom is -0.497 e. The highest BCUT2D eigenvalue weighted by atomic mass is 16.5. The van der Waals surface area contributed by atoms with Gasteiger partial charge >= 0.3 is 0 Å². The Labute approximate surface area is 142 Å². The molecule has 24 heavy (non-hydrogen) atoms. The highest BCUT2D eigenvalue weighted by Gasteiger charge is 2.14. The molecular weight excluding hydrogens is 300 g/mol. The fourth-order valence-corrected chi connectivity index (χ4v) is 3.13. The molecule has 1 N–H and O–H groups in total. The van der Waals surface area contributed by atoms with Crippen LogP contribution >= 0.6 is 0 Å². The third-order valence-corrected chi connectivity index (χ3v) is 4.22. The summed E-state index contributed by atoms with van der Waals surface area (Å²) >= 11 is 0. The Morgan fingerprint density at radius 2 is 1.96 bits per heavy atom. The van der Waals surface area contributed by atoms with Crippen LogP contribution < -0.4 is 10.1 Å². The van der Waals surface area contributed by atoms with E-state index >= 15 is 0 Å². The lowest BCUT2D eigenvalue weighted by molar-refractivity contribution is -0.118. The van der Waals surface area contributed by atoms with Crippen LogP contribution in [0.25, 0.3) is 22.0 Å². The van der Waals surface area contributed by atoms with Crippen molar-refractivity contribution in [2.45, 2.75) is 13.3 Å². The number of hydrogen-bond acceptors (Lipinski definition) is 2. The van der Waals surface area contributed by atoms with E-state index in [0.717, 1.165) is 23.3 Å². The van der Waals surface area contributed by atoms with Gasteiger partial charge in [0.1, 0.15) is 5.75 Å². The number of hydrogen-bond donors (Lipinski definition) is 1. The molecule has 2 aromatic carbocycles. The summed E-state index contributed by atoms with van der Waals surface area (Å²) in [6, 6.07) is 14.5. The molecular formula is C20H22N2O2. The van der Waals surface area contributed by atoms with Gasteiger partial charge < -0.3 is 14.6 Å². The molecule has 3 rings (SSSR count). The van der Waals surface area contributed by atoms with Gasteiger partial charge in [-0.15, -0.1) is 0 Å². The van der Waals surface area contributed by atoms with E-state index in [1.807, 2.05) is 18.2 Å². The molecule has 0 saturated heterocycles. The molecule has 0 atom stereocenters. The molecule has 0 aliphatic carbocycles. The van der Waals surface area contributed by atoms with Gasteiger partial charge in [-0.3, -0.25) is 4.79 Å². The Morgan fingerprint density at radius 3 is 2.62 bits per heavy atom. The van der Waals surface area contributed by atoms with Crippen LogP contribution in [-0.2, 0) is 18.3 Å². The van der Waals surface area contributed by atoms with Crippen LogP contribution in [0.1, 0.15) is 12.5 Å². The van der Waals surface area contributed by atoms with Crippen molar-refractivity contribution in [2.24, 2.45) is 7.05 Å². The number of rotatable bonds is 5. The van der Waals surface area contributed by atoms with Gasteiger partial charge in [-0.05, 0) is 29.7 Å². The zero-order chi connectivity index (χ0) is 17.1. The number of aromatic nitrogens is 1. The number of ether oxygens (including phenoxy) is 1. The van der Waals surface area contributed by atoms with Crippen LogP contribution in [-0.4, -0.2) is 24.1 Å². The van der Waals surface area contributed by atoms with Crippen molar-refractivity contribution < 1.29 is 9.53 Å². The Morgan fingerprint density at radius 1 is 1.21 bits per heavy atom. The fourth-order valence-electron chi connectivity index (χ4n) is 3.13. The molecule has 3 aromatic rings. The van der Waals surface area contributed by atoms with Crippen molar-refractivity contribution in [1.82, 2.24) is 9.88 Å². The smallest absolute Gasteiger partial charge is 0.216 e. The number of methoxy groups -OCH3 is 1. The first kappa shape index (κ1) is 16.1. The molecule has 1 aromatic heterocycles. The predicted molar refractivity (Wildman–Crippen MR) is 97.3 cm³/mol. The summed E-state index contributed by atoms with van der Waals surface area (Å²) in [6.07, 6.45) is 2.93. The zero-order valence-electron chi connectivity index (χ0n) is 14.3. The van der Waals surface area contributed by atoms with Crippen LogP contribution in [0.15, 0.2) is 48.7 Å². The summed E-state index contributed by atoms with van der Waals surface area (Å²) in [6.45, 7) is 2.17. The van der Waals surface area contributed by atoms with Gasteiger partial charge in [-0.1, -0.05) is 30.3 Å². The molecule has 1 amide bonds. The van der Waals surface area contributed by atoms with Gasteiger partial charge in [0, 0.05) is 37.7 Å². The first-order valence-corrected chi connectivity index (χ1v) is 8.06. The summed E-state index contributed by atoms with van der Waals surface area (Å²) in [4.78, 5) is 11.1. The standard InChI is InChI=1S/C20H22N2O2/c1-14(23)21-10-9-16-13-22(2)20-18(15-7-5-4-6-8-15)11-17(24-3)12-19(16)20/h4-8,11-13H,9-10H2,1-3H3,(H,21,23). The topological polar surface area (TPSA) is 43.3 Å². The quantitative estimate of drug-likeness (QED) is 0.781. The van der Waals surface area contributed by atoms with Gasteiger partial charge in [-0.25, -0.2) is 0 Å². The molecule has 0 saturated carbocycles. The van der Waals surface area contributed by atoms with E-state index < -0.39 is 0 Å². The molecule has 4 nitrogen and oxygen atoms in total. The summed E-state index contributed by atoms with van der Waals surface area (Å²) < 4.78 is 7.67. The highest BCUT2D eigenvalue weighted by Crippen LogP contribution is 2.35. The van der Waals surface area contributed by atoms with Gasteiger partial charge in [0.15, 0.2) is 0 Å². The van der Waals surface area contributed by atoms with E-state index in [-0.39, 0.29) is 5.91 Å². The van der Waals surface area contributed by atoms with Crippen LogP contribution in [0.5, 0.6) is 5.75 Å². The SMILES string of the molecule is COc1cc(-c2ccccc2)c2c(c1)c(CCNC(C)=O)cn2C. The van der Waals surface area contributed by atoms with Crippen LogP contribution in [0, 0.1) is 0 Å². The summed E-state index contributed by atoms with van der Waals surface area (Å²) in [5.74, 6) is 0.839. The number of aryl methyl sites for hydroxylation is 1. The fraction of sp³-hybridized carbons (Fsp3) is 0.250. The molecule has 0 aliphatic heterocycles. The number of benzene rings is 2. The average Bonchev–Trinajstić information content (AvgIpc) is 2.90. The van der Waals surface area contributed by atoms with Crippen molar-refractivity contribution in [1.29, 1.82) is 0 Å². The number of fused-ring (bicyclic) bond motifs is 1. The molecule has 1 heterocycles. The zero-order valence-corrected chi connectivity index (χ0v) is 14.3. The lowest BCUT2D eigenvalue weighted by Gasteiger charge is -2.10. The molecule has 0 radical (unpaired) electrons. The number of amides is 1. The maximum atomic E-state index is 11.1. The van der Waals surface area contributed by atoms with Crippen molar-refractivity contribution in [2.75, 3.05) is 13.7 Å². The van der Waals surface area contributed by atoms with Crippen LogP contribution in [0.3, 0.4) is 0 Å². The Kier molecular flexibility index (Phi) is 4.56. The average molecular weight is 322 g/mol. The minimum atomic E-state index is -0.00204. The Bertz CT molecular complexity index is 866. The normalized spacial score (nSPS) is 10.8. The lowest BCUT2D eigenvalue weighted by atomic mass is 10.0. The maximum Gasteiger partial charge on any atom is 0.216 e.